The lowest BCUT2D eigenvalue weighted by Crippen LogP contribution is -2.48. The van der Waals surface area contributed by atoms with Crippen molar-refractivity contribution in [3.63, 3.8) is 0 Å². The molecule has 0 atom stereocenters. The summed E-state index contributed by atoms with van der Waals surface area (Å²) < 4.78 is 5.14. The first kappa shape index (κ1) is 18.0. The summed E-state index contributed by atoms with van der Waals surface area (Å²) in [5.41, 5.74) is 1.94. The van der Waals surface area contributed by atoms with E-state index in [2.05, 4.69) is 10.3 Å². The van der Waals surface area contributed by atoms with Gasteiger partial charge in [0.15, 0.2) is 0 Å². The summed E-state index contributed by atoms with van der Waals surface area (Å²) in [5, 5.41) is 3.67. The van der Waals surface area contributed by atoms with Crippen LogP contribution in [0.5, 0.6) is 5.75 Å². The fraction of sp³-hybridized carbons (Fsp3) is 0.278. The number of rotatable bonds is 5. The Morgan fingerprint density at radius 1 is 1.19 bits per heavy atom. The lowest BCUT2D eigenvalue weighted by molar-refractivity contribution is -0.119. The maximum absolute atomic E-state index is 12.7. The smallest absolute Gasteiger partial charge is 0.255 e. The number of hydrogen-bond acceptors (Lipinski definition) is 5. The molecule has 3 rings (SSSR count). The minimum atomic E-state index is -0.0977. The highest BCUT2D eigenvalue weighted by Crippen LogP contribution is 2.28. The van der Waals surface area contributed by atoms with Crippen LogP contribution < -0.4 is 10.1 Å². The maximum Gasteiger partial charge on any atom is 0.255 e. The molecule has 2 amide bonds. The molecule has 0 spiro atoms. The second-order valence-electron chi connectivity index (χ2n) is 5.87. The van der Waals surface area contributed by atoms with Gasteiger partial charge < -0.3 is 19.9 Å². The number of ether oxygens (including phenoxy) is 1. The number of amides is 2. The molecule has 2 aromatic rings. The van der Waals surface area contributed by atoms with Crippen LogP contribution >= 0.6 is 11.6 Å². The van der Waals surface area contributed by atoms with Crippen LogP contribution in [0.2, 0.25) is 5.02 Å². The molecule has 7 nitrogen and oxygen atoms in total. The van der Waals surface area contributed by atoms with Crippen LogP contribution in [0.4, 0.5) is 11.4 Å². The fourth-order valence-electron chi connectivity index (χ4n) is 2.75. The molecule has 0 saturated carbocycles. The summed E-state index contributed by atoms with van der Waals surface area (Å²) in [7, 11) is 1.56. The Hall–Kier alpha value is -2.80. The van der Waals surface area contributed by atoms with E-state index in [9.17, 15) is 9.59 Å². The lowest BCUT2D eigenvalue weighted by atomic mass is 10.2. The first-order chi connectivity index (χ1) is 12.6. The number of nitrogens with zero attached hydrogens (tertiary/aromatic N) is 3. The van der Waals surface area contributed by atoms with E-state index in [0.717, 1.165) is 12.1 Å². The first-order valence-electron chi connectivity index (χ1n) is 8.15. The van der Waals surface area contributed by atoms with Crippen molar-refractivity contribution in [2.24, 2.45) is 0 Å². The molecule has 1 aliphatic heterocycles. The predicted molar refractivity (Wildman–Crippen MR) is 99.1 cm³/mol. The molecule has 1 fully saturated rings. The molecule has 0 bridgehead atoms. The van der Waals surface area contributed by atoms with Gasteiger partial charge in [-0.2, -0.15) is 0 Å². The molecule has 0 aliphatic carbocycles. The summed E-state index contributed by atoms with van der Waals surface area (Å²) in [4.78, 5) is 31.0. The molecule has 1 aliphatic rings. The van der Waals surface area contributed by atoms with Gasteiger partial charge in [0.2, 0.25) is 6.41 Å². The van der Waals surface area contributed by atoms with Crippen molar-refractivity contribution in [3.05, 3.63) is 47.2 Å². The predicted octanol–water partition coefficient (Wildman–Crippen LogP) is 2.40. The number of carbonyl (C=O) groups excluding carboxylic acids is 2. The Labute approximate surface area is 156 Å². The SMILES string of the molecule is COc1ccc(Nc2cncc(C(=O)N3CCN(C=O)CC3)c2)cc1Cl. The Morgan fingerprint density at radius 3 is 2.62 bits per heavy atom. The van der Waals surface area contributed by atoms with E-state index < -0.39 is 0 Å². The van der Waals surface area contributed by atoms with Crippen molar-refractivity contribution in [1.82, 2.24) is 14.8 Å². The van der Waals surface area contributed by atoms with Gasteiger partial charge in [-0.3, -0.25) is 14.6 Å². The van der Waals surface area contributed by atoms with E-state index >= 15 is 0 Å². The summed E-state index contributed by atoms with van der Waals surface area (Å²) in [6.45, 7) is 2.13. The maximum atomic E-state index is 12.7. The Balaban J connectivity index is 1.71. The Kier molecular flexibility index (Phi) is 5.58. The molecule has 0 radical (unpaired) electrons. The number of benzene rings is 1. The third-order valence-corrected chi connectivity index (χ3v) is 4.47. The number of pyridine rings is 1. The van der Waals surface area contributed by atoms with Gasteiger partial charge >= 0.3 is 0 Å². The molecule has 1 N–H and O–H groups in total. The monoisotopic (exact) mass is 374 g/mol. The Bertz CT molecular complexity index is 807. The van der Waals surface area contributed by atoms with Crippen LogP contribution in [0.15, 0.2) is 36.7 Å². The highest BCUT2D eigenvalue weighted by atomic mass is 35.5. The van der Waals surface area contributed by atoms with Gasteiger partial charge in [-0.05, 0) is 24.3 Å². The van der Waals surface area contributed by atoms with Gasteiger partial charge in [0.05, 0.1) is 29.6 Å². The van der Waals surface area contributed by atoms with Crippen LogP contribution in [0, 0.1) is 0 Å². The van der Waals surface area contributed by atoms with Gasteiger partial charge in [-0.15, -0.1) is 0 Å². The molecule has 1 saturated heterocycles. The summed E-state index contributed by atoms with van der Waals surface area (Å²) in [6.07, 6.45) is 3.99. The average Bonchev–Trinajstić information content (AvgIpc) is 2.68. The zero-order valence-corrected chi connectivity index (χ0v) is 15.1. The zero-order valence-electron chi connectivity index (χ0n) is 14.3. The van der Waals surface area contributed by atoms with Crippen molar-refractivity contribution in [1.29, 1.82) is 0 Å². The van der Waals surface area contributed by atoms with E-state index in [4.69, 9.17) is 16.3 Å². The zero-order chi connectivity index (χ0) is 18.5. The standard InChI is InChI=1S/C18H19ClN4O3/c1-26-17-3-2-14(9-16(17)19)21-15-8-13(10-20-11-15)18(25)23-6-4-22(12-24)5-7-23/h2-3,8-12,21H,4-7H2,1H3. The molecular weight excluding hydrogens is 356 g/mol. The van der Waals surface area contributed by atoms with Crippen LogP contribution in [-0.4, -0.2) is 60.4 Å². The first-order valence-corrected chi connectivity index (χ1v) is 8.52. The number of piperazine rings is 1. The van der Waals surface area contributed by atoms with Crippen LogP contribution in [0.3, 0.4) is 0 Å². The fourth-order valence-corrected chi connectivity index (χ4v) is 3.01. The van der Waals surface area contributed by atoms with E-state index in [-0.39, 0.29) is 5.91 Å². The van der Waals surface area contributed by atoms with Crippen molar-refractivity contribution in [3.8, 4) is 5.75 Å². The van der Waals surface area contributed by atoms with Crippen LogP contribution in [-0.2, 0) is 4.79 Å². The number of aromatic nitrogens is 1. The van der Waals surface area contributed by atoms with Gasteiger partial charge in [0, 0.05) is 38.1 Å². The van der Waals surface area contributed by atoms with E-state index in [0.29, 0.717) is 48.2 Å². The lowest BCUT2D eigenvalue weighted by Gasteiger charge is -2.32. The number of hydrogen-bond donors (Lipinski definition) is 1. The van der Waals surface area contributed by atoms with Gasteiger partial charge in [0.25, 0.3) is 5.91 Å². The molecule has 136 valence electrons. The van der Waals surface area contributed by atoms with E-state index in [1.807, 2.05) is 6.07 Å². The Morgan fingerprint density at radius 2 is 1.96 bits per heavy atom. The van der Waals surface area contributed by atoms with Crippen molar-refractivity contribution < 1.29 is 14.3 Å². The highest BCUT2D eigenvalue weighted by Gasteiger charge is 2.21. The second kappa shape index (κ2) is 8.05. The third kappa shape index (κ3) is 4.05. The molecule has 26 heavy (non-hydrogen) atoms. The molecule has 0 unspecified atom stereocenters. The molecule has 2 heterocycles. The number of anilines is 2. The minimum absolute atomic E-state index is 0.0977. The summed E-state index contributed by atoms with van der Waals surface area (Å²) >= 11 is 6.13. The molecule has 1 aromatic carbocycles. The molecule has 8 heteroatoms. The number of methoxy groups -OCH3 is 1. The summed E-state index contributed by atoms with van der Waals surface area (Å²) in [6, 6.07) is 7.09. The number of carbonyl (C=O) groups is 2. The number of halogens is 1. The topological polar surface area (TPSA) is 74.8 Å². The van der Waals surface area contributed by atoms with Crippen LogP contribution in [0.1, 0.15) is 10.4 Å². The van der Waals surface area contributed by atoms with Gasteiger partial charge in [0.1, 0.15) is 5.75 Å². The third-order valence-electron chi connectivity index (χ3n) is 4.18. The average molecular weight is 375 g/mol. The minimum Gasteiger partial charge on any atom is -0.495 e. The van der Waals surface area contributed by atoms with Crippen molar-refractivity contribution in [2.45, 2.75) is 0 Å². The molecular formula is C18H19ClN4O3. The highest BCUT2D eigenvalue weighted by molar-refractivity contribution is 6.32. The normalized spacial score (nSPS) is 14.1. The van der Waals surface area contributed by atoms with E-state index in [1.165, 1.54) is 0 Å². The summed E-state index contributed by atoms with van der Waals surface area (Å²) in [5.74, 6) is 0.494. The van der Waals surface area contributed by atoms with Crippen molar-refractivity contribution in [2.75, 3.05) is 38.6 Å². The van der Waals surface area contributed by atoms with Crippen molar-refractivity contribution >= 4 is 35.3 Å². The van der Waals surface area contributed by atoms with Crippen LogP contribution in [0.25, 0.3) is 0 Å². The largest absolute Gasteiger partial charge is 0.495 e. The quantitative estimate of drug-likeness (QED) is 0.813. The number of nitrogens with one attached hydrogen (secondary N) is 1. The van der Waals surface area contributed by atoms with E-state index in [1.54, 1.807) is 47.5 Å². The second-order valence-corrected chi connectivity index (χ2v) is 6.28. The molecule has 1 aromatic heterocycles. The van der Waals surface area contributed by atoms with Gasteiger partial charge in [-0.25, -0.2) is 0 Å². The van der Waals surface area contributed by atoms with Gasteiger partial charge in [-0.1, -0.05) is 11.6 Å².